The summed E-state index contributed by atoms with van der Waals surface area (Å²) in [7, 11) is -3.98. The molecule has 0 unspecified atom stereocenters. The maximum absolute atomic E-state index is 12.5. The van der Waals surface area contributed by atoms with E-state index in [1.165, 1.54) is 13.0 Å². The summed E-state index contributed by atoms with van der Waals surface area (Å²) in [5, 5.41) is 2.55. The molecule has 0 aliphatic heterocycles. The Morgan fingerprint density at radius 2 is 1.77 bits per heavy atom. The molecule has 5 nitrogen and oxygen atoms in total. The van der Waals surface area contributed by atoms with Gasteiger partial charge in [0.2, 0.25) is 5.91 Å². The number of hydrogen-bond acceptors (Lipinski definition) is 4. The number of carbonyl (C=O) groups excluding carboxylic acids is 1. The van der Waals surface area contributed by atoms with Crippen molar-refractivity contribution in [2.75, 3.05) is 5.32 Å². The van der Waals surface area contributed by atoms with Crippen LogP contribution < -0.4 is 9.50 Å². The van der Waals surface area contributed by atoms with Crippen molar-refractivity contribution in [3.05, 3.63) is 53.6 Å². The maximum Gasteiger partial charge on any atom is 0.339 e. The van der Waals surface area contributed by atoms with Gasteiger partial charge in [-0.3, -0.25) is 4.79 Å². The molecule has 0 radical (unpaired) electrons. The van der Waals surface area contributed by atoms with Crippen LogP contribution in [0.25, 0.3) is 0 Å². The summed E-state index contributed by atoms with van der Waals surface area (Å²) in [5.41, 5.74) is 1.73. The topological polar surface area (TPSA) is 72.5 Å². The SMILES string of the molecule is CC(=O)Nc1ccccc1OS(=O)(=O)c1cc(C)ccc1C. The first-order valence-corrected chi connectivity index (χ1v) is 8.09. The molecule has 0 aliphatic rings. The van der Waals surface area contributed by atoms with Gasteiger partial charge in [0.1, 0.15) is 4.90 Å². The highest BCUT2D eigenvalue weighted by Gasteiger charge is 2.21. The Balaban J connectivity index is 2.41. The minimum Gasteiger partial charge on any atom is -0.377 e. The predicted molar refractivity (Wildman–Crippen MR) is 84.5 cm³/mol. The molecule has 6 heteroatoms. The van der Waals surface area contributed by atoms with Gasteiger partial charge in [0.25, 0.3) is 0 Å². The molecule has 0 fully saturated rings. The van der Waals surface area contributed by atoms with Crippen LogP contribution in [0.15, 0.2) is 47.4 Å². The highest BCUT2D eigenvalue weighted by Crippen LogP contribution is 2.28. The van der Waals surface area contributed by atoms with Crippen LogP contribution in [0.3, 0.4) is 0 Å². The van der Waals surface area contributed by atoms with Crippen molar-refractivity contribution >= 4 is 21.7 Å². The van der Waals surface area contributed by atoms with Crippen LogP contribution >= 0.6 is 0 Å². The number of benzene rings is 2. The predicted octanol–water partition coefficient (Wildman–Crippen LogP) is 3.03. The van der Waals surface area contributed by atoms with E-state index in [0.717, 1.165) is 5.56 Å². The molecule has 116 valence electrons. The highest BCUT2D eigenvalue weighted by molar-refractivity contribution is 7.87. The zero-order chi connectivity index (χ0) is 16.3. The van der Waals surface area contributed by atoms with Crippen LogP contribution in [-0.4, -0.2) is 14.3 Å². The Labute approximate surface area is 130 Å². The van der Waals surface area contributed by atoms with E-state index < -0.39 is 10.1 Å². The number of rotatable bonds is 4. The van der Waals surface area contributed by atoms with E-state index >= 15 is 0 Å². The molecule has 0 atom stereocenters. The Kier molecular flexibility index (Phi) is 4.51. The third-order valence-corrected chi connectivity index (χ3v) is 4.39. The molecule has 0 saturated carbocycles. The first-order valence-electron chi connectivity index (χ1n) is 6.68. The Hall–Kier alpha value is -2.34. The van der Waals surface area contributed by atoms with Gasteiger partial charge in [-0.15, -0.1) is 0 Å². The fourth-order valence-corrected chi connectivity index (χ4v) is 3.24. The standard InChI is InChI=1S/C16H17NO4S/c1-11-8-9-12(2)16(10-11)22(19,20)21-15-7-5-4-6-14(15)17-13(3)18/h4-10H,1-3H3,(H,17,18). The Morgan fingerprint density at radius 3 is 2.45 bits per heavy atom. The van der Waals surface area contributed by atoms with Gasteiger partial charge >= 0.3 is 10.1 Å². The number of hydrogen-bond donors (Lipinski definition) is 1. The van der Waals surface area contributed by atoms with Gasteiger partial charge in [0.15, 0.2) is 5.75 Å². The van der Waals surface area contributed by atoms with Crippen LogP contribution in [0.5, 0.6) is 5.75 Å². The van der Waals surface area contributed by atoms with Crippen molar-refractivity contribution in [3.8, 4) is 5.75 Å². The molecule has 1 amide bonds. The van der Waals surface area contributed by atoms with E-state index in [4.69, 9.17) is 4.18 Å². The number of anilines is 1. The number of carbonyl (C=O) groups is 1. The van der Waals surface area contributed by atoms with Crippen LogP contribution in [0.1, 0.15) is 18.1 Å². The van der Waals surface area contributed by atoms with Crippen LogP contribution in [0.4, 0.5) is 5.69 Å². The van der Waals surface area contributed by atoms with Crippen LogP contribution in [0.2, 0.25) is 0 Å². The van der Waals surface area contributed by atoms with Crippen molar-refractivity contribution < 1.29 is 17.4 Å². The van der Waals surface area contributed by atoms with Crippen molar-refractivity contribution in [1.29, 1.82) is 0 Å². The summed E-state index contributed by atoms with van der Waals surface area (Å²) in [5.74, 6) is -0.223. The third-order valence-electron chi connectivity index (χ3n) is 3.01. The Morgan fingerprint density at radius 1 is 1.09 bits per heavy atom. The summed E-state index contributed by atoms with van der Waals surface area (Å²) in [6.07, 6.45) is 0. The summed E-state index contributed by atoms with van der Waals surface area (Å²) in [6, 6.07) is 11.5. The summed E-state index contributed by atoms with van der Waals surface area (Å²) in [4.78, 5) is 11.3. The monoisotopic (exact) mass is 319 g/mol. The van der Waals surface area contributed by atoms with Gasteiger partial charge in [-0.05, 0) is 43.2 Å². The van der Waals surface area contributed by atoms with Crippen LogP contribution in [0, 0.1) is 13.8 Å². The smallest absolute Gasteiger partial charge is 0.339 e. The molecule has 2 rings (SSSR count). The van der Waals surface area contributed by atoms with Crippen LogP contribution in [-0.2, 0) is 14.9 Å². The Bertz CT molecular complexity index is 813. The van der Waals surface area contributed by atoms with Gasteiger partial charge in [0, 0.05) is 6.92 Å². The van der Waals surface area contributed by atoms with Gasteiger partial charge in [-0.1, -0.05) is 24.3 Å². The van der Waals surface area contributed by atoms with Gasteiger partial charge in [0.05, 0.1) is 5.69 Å². The summed E-state index contributed by atoms with van der Waals surface area (Å²) in [6.45, 7) is 4.86. The lowest BCUT2D eigenvalue weighted by Gasteiger charge is -2.13. The average Bonchev–Trinajstić information content (AvgIpc) is 2.43. The fourth-order valence-electron chi connectivity index (χ4n) is 1.97. The number of aryl methyl sites for hydroxylation is 2. The molecule has 0 saturated heterocycles. The lowest BCUT2D eigenvalue weighted by Crippen LogP contribution is -2.14. The first kappa shape index (κ1) is 16.0. The normalized spacial score (nSPS) is 11.0. The lowest BCUT2D eigenvalue weighted by atomic mass is 10.2. The van der Waals surface area contributed by atoms with Crippen molar-refractivity contribution in [1.82, 2.24) is 0 Å². The fraction of sp³-hybridized carbons (Fsp3) is 0.188. The number of amides is 1. The molecule has 1 N–H and O–H groups in total. The molecule has 0 aliphatic carbocycles. The molecule has 0 aromatic heterocycles. The first-order chi connectivity index (χ1) is 10.3. The molecular weight excluding hydrogens is 302 g/mol. The van der Waals surface area contributed by atoms with Crippen molar-refractivity contribution in [3.63, 3.8) is 0 Å². The van der Waals surface area contributed by atoms with Gasteiger partial charge in [-0.25, -0.2) is 0 Å². The summed E-state index contributed by atoms with van der Waals surface area (Å²) >= 11 is 0. The second-order valence-corrected chi connectivity index (χ2v) is 6.50. The van der Waals surface area contributed by atoms with Gasteiger partial charge < -0.3 is 9.50 Å². The molecule has 0 spiro atoms. The van der Waals surface area contributed by atoms with E-state index in [2.05, 4.69) is 5.32 Å². The largest absolute Gasteiger partial charge is 0.377 e. The number of para-hydroxylation sites is 2. The quantitative estimate of drug-likeness (QED) is 0.879. The van der Waals surface area contributed by atoms with E-state index in [1.54, 1.807) is 37.3 Å². The number of nitrogens with one attached hydrogen (secondary N) is 1. The van der Waals surface area contributed by atoms with Crippen molar-refractivity contribution in [2.45, 2.75) is 25.7 Å². The molecular formula is C16H17NO4S. The maximum atomic E-state index is 12.5. The zero-order valence-electron chi connectivity index (χ0n) is 12.6. The zero-order valence-corrected chi connectivity index (χ0v) is 13.4. The second kappa shape index (κ2) is 6.19. The van der Waals surface area contributed by atoms with Crippen molar-refractivity contribution in [2.24, 2.45) is 0 Å². The average molecular weight is 319 g/mol. The second-order valence-electron chi connectivity index (χ2n) is 4.98. The summed E-state index contributed by atoms with van der Waals surface area (Å²) < 4.78 is 30.2. The molecule has 2 aromatic carbocycles. The molecule has 0 bridgehead atoms. The minimum absolute atomic E-state index is 0.0820. The minimum atomic E-state index is -3.98. The highest BCUT2D eigenvalue weighted by atomic mass is 32.2. The molecule has 0 heterocycles. The van der Waals surface area contributed by atoms with E-state index in [-0.39, 0.29) is 16.6 Å². The van der Waals surface area contributed by atoms with E-state index in [1.807, 2.05) is 13.0 Å². The van der Waals surface area contributed by atoms with Gasteiger partial charge in [-0.2, -0.15) is 8.42 Å². The third kappa shape index (κ3) is 3.65. The van der Waals surface area contributed by atoms with E-state index in [9.17, 15) is 13.2 Å². The lowest BCUT2D eigenvalue weighted by molar-refractivity contribution is -0.114. The molecule has 22 heavy (non-hydrogen) atoms. The molecule has 2 aromatic rings. The van der Waals surface area contributed by atoms with E-state index in [0.29, 0.717) is 11.3 Å².